The van der Waals surface area contributed by atoms with Gasteiger partial charge in [-0.2, -0.15) is 0 Å². The Morgan fingerprint density at radius 3 is 2.73 bits per heavy atom. The molecule has 1 fully saturated rings. The fourth-order valence-corrected chi connectivity index (χ4v) is 2.45. The van der Waals surface area contributed by atoms with Crippen LogP contribution < -0.4 is 10.5 Å². The van der Waals surface area contributed by atoms with Gasteiger partial charge in [0.2, 0.25) is 0 Å². The minimum atomic E-state index is -0.893. The normalized spacial score (nSPS) is 17.8. The number of carboxylic acid groups (broad SMARTS) is 1. The van der Waals surface area contributed by atoms with Gasteiger partial charge in [-0.3, -0.25) is 14.4 Å². The fraction of sp³-hybridized carbons (Fsp3) is 0.400. The van der Waals surface area contributed by atoms with Crippen molar-refractivity contribution in [3.8, 4) is 5.75 Å². The first-order valence-electron chi connectivity index (χ1n) is 7.01. The Labute approximate surface area is 127 Å². The number of hydrogen-bond acceptors (Lipinski definition) is 4. The number of amides is 2. The number of primary amides is 1. The molecule has 7 nitrogen and oxygen atoms in total. The Bertz CT molecular complexity index is 587. The predicted molar refractivity (Wildman–Crippen MR) is 77.4 cm³/mol. The van der Waals surface area contributed by atoms with E-state index in [0.717, 1.165) is 0 Å². The molecule has 0 spiro atoms. The predicted octanol–water partition coefficient (Wildman–Crippen LogP) is 0.487. The highest BCUT2D eigenvalue weighted by Crippen LogP contribution is 2.23. The molecule has 22 heavy (non-hydrogen) atoms. The van der Waals surface area contributed by atoms with E-state index >= 15 is 0 Å². The number of likely N-dealkylation sites (tertiary alicyclic amines) is 1. The number of carbonyl (C=O) groups is 3. The van der Waals surface area contributed by atoms with Gasteiger partial charge in [-0.05, 0) is 25.0 Å². The van der Waals surface area contributed by atoms with Crippen LogP contribution in [0.2, 0.25) is 0 Å². The van der Waals surface area contributed by atoms with Gasteiger partial charge in [0.1, 0.15) is 5.75 Å². The number of ether oxygens (including phenoxy) is 1. The van der Waals surface area contributed by atoms with Crippen molar-refractivity contribution in [2.24, 2.45) is 11.7 Å². The molecular weight excluding hydrogens is 288 g/mol. The van der Waals surface area contributed by atoms with E-state index in [1.165, 1.54) is 4.90 Å². The van der Waals surface area contributed by atoms with Crippen LogP contribution in [-0.4, -0.2) is 47.5 Å². The summed E-state index contributed by atoms with van der Waals surface area (Å²) in [5, 5.41) is 9.09. The van der Waals surface area contributed by atoms with Crippen LogP contribution in [0, 0.1) is 5.92 Å². The van der Waals surface area contributed by atoms with Crippen molar-refractivity contribution in [1.82, 2.24) is 4.90 Å². The summed E-state index contributed by atoms with van der Waals surface area (Å²) in [5.41, 5.74) is 5.34. The average Bonchev–Trinajstić information content (AvgIpc) is 2.52. The van der Waals surface area contributed by atoms with Crippen molar-refractivity contribution in [2.75, 3.05) is 19.7 Å². The summed E-state index contributed by atoms with van der Waals surface area (Å²) in [6.07, 6.45) is 1.21. The number of nitrogens with zero attached hydrogens (tertiary/aromatic N) is 1. The number of carbonyl (C=O) groups excluding carboxylic acids is 2. The largest absolute Gasteiger partial charge is 0.483 e. The van der Waals surface area contributed by atoms with Crippen LogP contribution in [0.1, 0.15) is 23.2 Å². The third-order valence-electron chi connectivity index (χ3n) is 3.55. The van der Waals surface area contributed by atoms with Crippen molar-refractivity contribution in [3.05, 3.63) is 29.8 Å². The maximum atomic E-state index is 12.6. The molecule has 2 amide bonds. The molecule has 1 aromatic rings. The molecule has 1 atom stereocenters. The number of carboxylic acids is 1. The van der Waals surface area contributed by atoms with Crippen molar-refractivity contribution in [2.45, 2.75) is 12.8 Å². The van der Waals surface area contributed by atoms with Crippen LogP contribution in [0.5, 0.6) is 5.75 Å². The molecule has 0 radical (unpaired) electrons. The topological polar surface area (TPSA) is 110 Å². The smallest absolute Gasteiger partial charge is 0.308 e. The first-order chi connectivity index (χ1) is 10.5. The van der Waals surface area contributed by atoms with Crippen molar-refractivity contribution in [3.63, 3.8) is 0 Å². The van der Waals surface area contributed by atoms with Gasteiger partial charge in [0.25, 0.3) is 11.8 Å². The number of benzene rings is 1. The standard InChI is InChI=1S/C15H18N2O5/c16-13(18)9-22-12-6-2-1-5-11(12)14(19)17-7-3-4-10(8-17)15(20)21/h1-2,5-6,10H,3-4,7-9H2,(H2,16,18)(H,20,21)/t10-/m0/s1. The summed E-state index contributed by atoms with van der Waals surface area (Å²) in [5.74, 6) is -2.10. The van der Waals surface area contributed by atoms with Gasteiger partial charge in [-0.1, -0.05) is 12.1 Å². The Hall–Kier alpha value is -2.57. The van der Waals surface area contributed by atoms with Crippen LogP contribution in [0.4, 0.5) is 0 Å². The quantitative estimate of drug-likeness (QED) is 0.822. The van der Waals surface area contributed by atoms with Gasteiger partial charge < -0.3 is 20.5 Å². The molecule has 1 aromatic carbocycles. The lowest BCUT2D eigenvalue weighted by Gasteiger charge is -2.31. The molecule has 1 heterocycles. The van der Waals surface area contributed by atoms with Crippen molar-refractivity contribution < 1.29 is 24.2 Å². The first kappa shape index (κ1) is 15.8. The lowest BCUT2D eigenvalue weighted by Crippen LogP contribution is -2.42. The summed E-state index contributed by atoms with van der Waals surface area (Å²) in [4.78, 5) is 36.0. The third kappa shape index (κ3) is 3.75. The van der Waals surface area contributed by atoms with Gasteiger partial charge >= 0.3 is 5.97 Å². The Morgan fingerprint density at radius 1 is 1.32 bits per heavy atom. The molecule has 3 N–H and O–H groups in total. The fourth-order valence-electron chi connectivity index (χ4n) is 2.45. The molecule has 1 saturated heterocycles. The third-order valence-corrected chi connectivity index (χ3v) is 3.55. The maximum absolute atomic E-state index is 12.6. The second-order valence-electron chi connectivity index (χ2n) is 5.18. The number of para-hydroxylation sites is 1. The first-order valence-corrected chi connectivity index (χ1v) is 7.01. The summed E-state index contributed by atoms with van der Waals surface area (Å²) >= 11 is 0. The van der Waals surface area contributed by atoms with Gasteiger partial charge in [0.05, 0.1) is 11.5 Å². The van der Waals surface area contributed by atoms with E-state index in [1.807, 2.05) is 0 Å². The minimum absolute atomic E-state index is 0.179. The van der Waals surface area contributed by atoms with E-state index in [9.17, 15) is 14.4 Å². The zero-order valence-electron chi connectivity index (χ0n) is 12.0. The van der Waals surface area contributed by atoms with E-state index in [4.69, 9.17) is 15.6 Å². The SMILES string of the molecule is NC(=O)COc1ccccc1C(=O)N1CCC[C@H](C(=O)O)C1. The van der Waals surface area contributed by atoms with Crippen LogP contribution in [-0.2, 0) is 9.59 Å². The van der Waals surface area contributed by atoms with Gasteiger partial charge in [-0.25, -0.2) is 0 Å². The van der Waals surface area contributed by atoms with Gasteiger partial charge in [0.15, 0.2) is 6.61 Å². The highest BCUT2D eigenvalue weighted by molar-refractivity contribution is 5.97. The second kappa shape index (κ2) is 6.93. The lowest BCUT2D eigenvalue weighted by atomic mass is 9.97. The zero-order valence-corrected chi connectivity index (χ0v) is 12.0. The van der Waals surface area contributed by atoms with Crippen LogP contribution >= 0.6 is 0 Å². The number of rotatable bonds is 5. The molecule has 0 aromatic heterocycles. The lowest BCUT2D eigenvalue weighted by molar-refractivity contribution is -0.143. The van der Waals surface area contributed by atoms with Gasteiger partial charge in [0, 0.05) is 13.1 Å². The van der Waals surface area contributed by atoms with E-state index < -0.39 is 17.8 Å². The molecule has 0 saturated carbocycles. The number of aliphatic carboxylic acids is 1. The van der Waals surface area contributed by atoms with E-state index in [-0.39, 0.29) is 24.8 Å². The maximum Gasteiger partial charge on any atom is 0.308 e. The van der Waals surface area contributed by atoms with Crippen LogP contribution in [0.3, 0.4) is 0 Å². The van der Waals surface area contributed by atoms with E-state index in [1.54, 1.807) is 24.3 Å². The molecule has 0 unspecified atom stereocenters. The number of piperidine rings is 1. The Morgan fingerprint density at radius 2 is 2.05 bits per heavy atom. The van der Waals surface area contributed by atoms with Gasteiger partial charge in [-0.15, -0.1) is 0 Å². The molecule has 2 rings (SSSR count). The molecule has 7 heteroatoms. The monoisotopic (exact) mass is 306 g/mol. The molecular formula is C15H18N2O5. The Kier molecular flexibility index (Phi) is 4.98. The highest BCUT2D eigenvalue weighted by Gasteiger charge is 2.29. The van der Waals surface area contributed by atoms with Crippen molar-refractivity contribution in [1.29, 1.82) is 0 Å². The van der Waals surface area contributed by atoms with Crippen LogP contribution in [0.15, 0.2) is 24.3 Å². The zero-order chi connectivity index (χ0) is 16.1. The molecule has 1 aliphatic rings. The molecule has 0 bridgehead atoms. The summed E-state index contributed by atoms with van der Waals surface area (Å²) in [7, 11) is 0. The Balaban J connectivity index is 2.15. The molecule has 1 aliphatic heterocycles. The summed E-state index contributed by atoms with van der Waals surface area (Å²) in [6, 6.07) is 6.53. The van der Waals surface area contributed by atoms with Crippen molar-refractivity contribution >= 4 is 17.8 Å². The number of hydrogen-bond donors (Lipinski definition) is 2. The minimum Gasteiger partial charge on any atom is -0.483 e. The second-order valence-corrected chi connectivity index (χ2v) is 5.18. The average molecular weight is 306 g/mol. The summed E-state index contributed by atoms with van der Waals surface area (Å²) < 4.78 is 5.25. The molecule has 118 valence electrons. The molecule has 0 aliphatic carbocycles. The van der Waals surface area contributed by atoms with E-state index in [2.05, 4.69) is 0 Å². The van der Waals surface area contributed by atoms with Crippen LogP contribution in [0.25, 0.3) is 0 Å². The van der Waals surface area contributed by atoms with E-state index in [0.29, 0.717) is 24.9 Å². The highest BCUT2D eigenvalue weighted by atomic mass is 16.5. The number of nitrogens with two attached hydrogens (primary N) is 1. The summed E-state index contributed by atoms with van der Waals surface area (Å²) in [6.45, 7) is 0.368.